The zero-order valence-corrected chi connectivity index (χ0v) is 8.06. The normalized spacial score (nSPS) is 10.4. The van der Waals surface area contributed by atoms with Gasteiger partial charge >= 0.3 is 0 Å². The summed E-state index contributed by atoms with van der Waals surface area (Å²) in [7, 11) is 1.61. The molecule has 0 aromatic heterocycles. The second kappa shape index (κ2) is 3.81. The van der Waals surface area contributed by atoms with Crippen LogP contribution in [0.15, 0.2) is 18.2 Å². The topological polar surface area (TPSA) is 9.23 Å². The fraction of sp³-hybridized carbons (Fsp3) is 0.300. The highest BCUT2D eigenvalue weighted by molar-refractivity contribution is 6.32. The molecule has 1 unspecified atom stereocenters. The smallest absolute Gasteiger partial charge is 0.137 e. The molecule has 1 nitrogen and oxygen atoms in total. The van der Waals surface area contributed by atoms with Gasteiger partial charge in [0.15, 0.2) is 0 Å². The highest BCUT2D eigenvalue weighted by Crippen LogP contribution is 2.31. The lowest BCUT2D eigenvalue weighted by Gasteiger charge is -2.10. The van der Waals surface area contributed by atoms with Crippen molar-refractivity contribution >= 4 is 11.6 Å². The summed E-state index contributed by atoms with van der Waals surface area (Å²) in [4.78, 5) is 0. The molecule has 0 saturated carbocycles. The molecule has 1 aromatic carbocycles. The second-order valence-corrected chi connectivity index (χ2v) is 3.14. The quantitative estimate of drug-likeness (QED) is 0.684. The first-order valence-corrected chi connectivity index (χ1v) is 4.20. The van der Waals surface area contributed by atoms with Gasteiger partial charge in [0.05, 0.1) is 12.1 Å². The Morgan fingerprint density at radius 2 is 2.17 bits per heavy atom. The minimum Gasteiger partial charge on any atom is -0.495 e. The first-order chi connectivity index (χ1) is 5.66. The van der Waals surface area contributed by atoms with Crippen molar-refractivity contribution in [1.29, 1.82) is 0 Å². The molecule has 1 rings (SSSR count). The first kappa shape index (κ1) is 9.40. The maximum atomic E-state index is 6.04. The summed E-state index contributed by atoms with van der Waals surface area (Å²) < 4.78 is 5.08. The Morgan fingerprint density at radius 1 is 1.50 bits per heavy atom. The molecule has 0 fully saturated rings. The Bertz CT molecular complexity index is 269. The molecule has 0 aliphatic heterocycles. The first-order valence-electron chi connectivity index (χ1n) is 3.82. The lowest BCUT2D eigenvalue weighted by Crippen LogP contribution is -1.92. The SMILES string of the molecule is [CH2]C(C)c1cccc(OC)c1Cl. The maximum Gasteiger partial charge on any atom is 0.137 e. The molecule has 1 radical (unpaired) electrons. The van der Waals surface area contributed by atoms with Gasteiger partial charge in [0, 0.05) is 0 Å². The van der Waals surface area contributed by atoms with E-state index >= 15 is 0 Å². The number of halogens is 1. The predicted octanol–water partition coefficient (Wildman–Crippen LogP) is 3.29. The lowest BCUT2D eigenvalue weighted by atomic mass is 10.0. The van der Waals surface area contributed by atoms with E-state index in [2.05, 4.69) is 6.92 Å². The summed E-state index contributed by atoms with van der Waals surface area (Å²) in [6.07, 6.45) is 0. The van der Waals surface area contributed by atoms with E-state index in [1.807, 2.05) is 25.1 Å². The van der Waals surface area contributed by atoms with E-state index in [9.17, 15) is 0 Å². The largest absolute Gasteiger partial charge is 0.495 e. The van der Waals surface area contributed by atoms with Crippen LogP contribution in [0.25, 0.3) is 0 Å². The predicted molar refractivity (Wildman–Crippen MR) is 51.8 cm³/mol. The highest BCUT2D eigenvalue weighted by Gasteiger charge is 2.08. The van der Waals surface area contributed by atoms with Gasteiger partial charge in [-0.2, -0.15) is 0 Å². The van der Waals surface area contributed by atoms with Crippen molar-refractivity contribution in [3.63, 3.8) is 0 Å². The molecule has 0 amide bonds. The highest BCUT2D eigenvalue weighted by atomic mass is 35.5. The summed E-state index contributed by atoms with van der Waals surface area (Å²) >= 11 is 6.04. The molecular weight excluding hydrogens is 172 g/mol. The molecule has 0 N–H and O–H groups in total. The lowest BCUT2D eigenvalue weighted by molar-refractivity contribution is 0.414. The average Bonchev–Trinajstić information content (AvgIpc) is 2.04. The van der Waals surface area contributed by atoms with Crippen molar-refractivity contribution < 1.29 is 4.74 Å². The Balaban J connectivity index is 3.14. The molecule has 0 bridgehead atoms. The molecule has 12 heavy (non-hydrogen) atoms. The van der Waals surface area contributed by atoms with E-state index in [-0.39, 0.29) is 5.92 Å². The van der Waals surface area contributed by atoms with E-state index in [0.29, 0.717) is 10.8 Å². The van der Waals surface area contributed by atoms with Crippen LogP contribution in [-0.2, 0) is 0 Å². The van der Waals surface area contributed by atoms with Gasteiger partial charge in [0.1, 0.15) is 5.75 Å². The van der Waals surface area contributed by atoms with E-state index in [4.69, 9.17) is 16.3 Å². The third-order valence-corrected chi connectivity index (χ3v) is 2.15. The van der Waals surface area contributed by atoms with Crippen molar-refractivity contribution in [3.8, 4) is 5.75 Å². The van der Waals surface area contributed by atoms with Crippen molar-refractivity contribution in [2.75, 3.05) is 7.11 Å². The minimum atomic E-state index is 0.188. The van der Waals surface area contributed by atoms with Gasteiger partial charge in [-0.25, -0.2) is 0 Å². The number of hydrogen-bond donors (Lipinski definition) is 0. The zero-order chi connectivity index (χ0) is 9.14. The van der Waals surface area contributed by atoms with Crippen LogP contribution in [-0.4, -0.2) is 7.11 Å². The average molecular weight is 184 g/mol. The van der Waals surface area contributed by atoms with Gasteiger partial charge in [0.2, 0.25) is 0 Å². The van der Waals surface area contributed by atoms with Crippen molar-refractivity contribution in [2.45, 2.75) is 12.8 Å². The van der Waals surface area contributed by atoms with Crippen molar-refractivity contribution in [1.82, 2.24) is 0 Å². The molecule has 0 spiro atoms. The standard InChI is InChI=1S/C10H12ClO/c1-7(2)8-5-4-6-9(12-3)10(8)11/h4-7H,1H2,2-3H3. The van der Waals surface area contributed by atoms with Crippen molar-refractivity contribution in [3.05, 3.63) is 35.7 Å². The van der Waals surface area contributed by atoms with Gasteiger partial charge in [-0.15, -0.1) is 0 Å². The summed E-state index contributed by atoms with van der Waals surface area (Å²) in [6, 6.07) is 5.72. The molecule has 0 heterocycles. The second-order valence-electron chi connectivity index (χ2n) is 2.76. The van der Waals surface area contributed by atoms with E-state index in [0.717, 1.165) is 5.56 Å². The third kappa shape index (κ3) is 1.72. The number of rotatable bonds is 2. The monoisotopic (exact) mass is 183 g/mol. The van der Waals surface area contributed by atoms with Crippen LogP contribution in [0.2, 0.25) is 5.02 Å². The van der Waals surface area contributed by atoms with Gasteiger partial charge in [-0.05, 0) is 24.5 Å². The van der Waals surface area contributed by atoms with Crippen LogP contribution < -0.4 is 4.74 Å². The molecule has 1 atom stereocenters. The number of ether oxygens (including phenoxy) is 1. The number of hydrogen-bond acceptors (Lipinski definition) is 1. The molecule has 2 heteroatoms. The van der Waals surface area contributed by atoms with Crippen molar-refractivity contribution in [2.24, 2.45) is 0 Å². The Kier molecular flexibility index (Phi) is 2.99. The number of methoxy groups -OCH3 is 1. The van der Waals surface area contributed by atoms with E-state index in [1.54, 1.807) is 7.11 Å². The van der Waals surface area contributed by atoms with Crippen LogP contribution in [0.1, 0.15) is 18.4 Å². The fourth-order valence-corrected chi connectivity index (χ4v) is 1.46. The van der Waals surface area contributed by atoms with E-state index in [1.165, 1.54) is 0 Å². The molecule has 0 aliphatic rings. The summed E-state index contributed by atoms with van der Waals surface area (Å²) in [5, 5.41) is 0.669. The Morgan fingerprint density at radius 3 is 2.67 bits per heavy atom. The Hall–Kier alpha value is -0.690. The summed E-state index contributed by atoms with van der Waals surface area (Å²) in [5.41, 5.74) is 1.02. The molecular formula is C10H12ClO. The summed E-state index contributed by atoms with van der Waals surface area (Å²) in [6.45, 7) is 5.91. The Labute approximate surface area is 78.3 Å². The van der Waals surface area contributed by atoms with Gasteiger partial charge in [0.25, 0.3) is 0 Å². The molecule has 1 aromatic rings. The van der Waals surface area contributed by atoms with E-state index < -0.39 is 0 Å². The van der Waals surface area contributed by atoms with Crippen LogP contribution in [0.5, 0.6) is 5.75 Å². The molecule has 65 valence electrons. The van der Waals surface area contributed by atoms with Crippen LogP contribution in [0.4, 0.5) is 0 Å². The van der Waals surface area contributed by atoms with Crippen LogP contribution in [0, 0.1) is 6.92 Å². The zero-order valence-electron chi connectivity index (χ0n) is 7.30. The molecule has 0 saturated heterocycles. The van der Waals surface area contributed by atoms with Crippen LogP contribution in [0.3, 0.4) is 0 Å². The van der Waals surface area contributed by atoms with Gasteiger partial charge in [-0.3, -0.25) is 0 Å². The number of benzene rings is 1. The maximum absolute atomic E-state index is 6.04. The van der Waals surface area contributed by atoms with Crippen LogP contribution >= 0.6 is 11.6 Å². The third-order valence-electron chi connectivity index (χ3n) is 1.74. The molecule has 0 aliphatic carbocycles. The minimum absolute atomic E-state index is 0.188. The fourth-order valence-electron chi connectivity index (χ4n) is 1.07. The van der Waals surface area contributed by atoms with Gasteiger partial charge < -0.3 is 4.74 Å². The van der Waals surface area contributed by atoms with Gasteiger partial charge in [-0.1, -0.05) is 30.7 Å². The summed E-state index contributed by atoms with van der Waals surface area (Å²) in [5.74, 6) is 0.900.